The van der Waals surface area contributed by atoms with E-state index < -0.39 is 0 Å². The van der Waals surface area contributed by atoms with Crippen molar-refractivity contribution >= 4 is 11.6 Å². The van der Waals surface area contributed by atoms with Gasteiger partial charge < -0.3 is 5.32 Å². The van der Waals surface area contributed by atoms with Crippen LogP contribution in [0.1, 0.15) is 31.4 Å². The standard InChI is InChI=1S/C18H27ClN2/c1-4-11-20-18(16-8-7-9-17(19)15-16)10-14-21(12-5-2)13-6-3/h5-9,15,18,20H,2-4,10-14H2,1H3. The highest BCUT2D eigenvalue weighted by Crippen LogP contribution is 2.21. The summed E-state index contributed by atoms with van der Waals surface area (Å²) in [4.78, 5) is 2.34. The smallest absolute Gasteiger partial charge is 0.0409 e. The van der Waals surface area contributed by atoms with Crippen LogP contribution in [-0.4, -0.2) is 31.1 Å². The third kappa shape index (κ3) is 6.94. The average molecular weight is 307 g/mol. The molecule has 0 aromatic heterocycles. The van der Waals surface area contributed by atoms with E-state index in [1.165, 1.54) is 5.56 Å². The quantitative estimate of drug-likeness (QED) is 0.608. The van der Waals surface area contributed by atoms with Crippen LogP contribution in [0.15, 0.2) is 49.6 Å². The monoisotopic (exact) mass is 306 g/mol. The highest BCUT2D eigenvalue weighted by atomic mass is 35.5. The number of rotatable bonds is 11. The Morgan fingerprint density at radius 2 is 2.00 bits per heavy atom. The second kappa shape index (κ2) is 10.6. The lowest BCUT2D eigenvalue weighted by Gasteiger charge is -2.24. The van der Waals surface area contributed by atoms with Crippen molar-refractivity contribution in [3.8, 4) is 0 Å². The molecule has 0 heterocycles. The van der Waals surface area contributed by atoms with Crippen molar-refractivity contribution in [2.45, 2.75) is 25.8 Å². The van der Waals surface area contributed by atoms with Gasteiger partial charge in [0.2, 0.25) is 0 Å². The van der Waals surface area contributed by atoms with Gasteiger partial charge in [-0.3, -0.25) is 4.90 Å². The van der Waals surface area contributed by atoms with Crippen molar-refractivity contribution in [3.05, 3.63) is 60.2 Å². The predicted octanol–water partition coefficient (Wildman–Crippen LogP) is 4.44. The summed E-state index contributed by atoms with van der Waals surface area (Å²) >= 11 is 6.12. The van der Waals surface area contributed by atoms with Gasteiger partial charge in [0.25, 0.3) is 0 Å². The van der Waals surface area contributed by atoms with Crippen LogP contribution in [0.25, 0.3) is 0 Å². The van der Waals surface area contributed by atoms with Crippen LogP contribution in [0.3, 0.4) is 0 Å². The number of hydrogen-bond acceptors (Lipinski definition) is 2. The SMILES string of the molecule is C=CCN(CC=C)CCC(NCCC)c1cccc(Cl)c1. The molecule has 1 N–H and O–H groups in total. The summed E-state index contributed by atoms with van der Waals surface area (Å²) in [5, 5.41) is 4.41. The molecule has 1 atom stereocenters. The van der Waals surface area contributed by atoms with Crippen molar-refractivity contribution in [2.24, 2.45) is 0 Å². The first-order chi connectivity index (χ1) is 10.2. The molecule has 0 saturated carbocycles. The normalized spacial score (nSPS) is 12.3. The van der Waals surface area contributed by atoms with Gasteiger partial charge in [-0.1, -0.05) is 42.8 Å². The summed E-state index contributed by atoms with van der Waals surface area (Å²) in [5.41, 5.74) is 1.26. The summed E-state index contributed by atoms with van der Waals surface area (Å²) < 4.78 is 0. The first-order valence-electron chi connectivity index (χ1n) is 7.64. The molecule has 0 bridgehead atoms. The van der Waals surface area contributed by atoms with Crippen LogP contribution < -0.4 is 5.32 Å². The number of nitrogens with one attached hydrogen (secondary N) is 1. The third-order valence-corrected chi connectivity index (χ3v) is 3.64. The molecule has 2 nitrogen and oxygen atoms in total. The topological polar surface area (TPSA) is 15.3 Å². The van der Waals surface area contributed by atoms with Gasteiger partial charge in [0.1, 0.15) is 0 Å². The Labute approximate surface area is 134 Å². The molecule has 0 amide bonds. The molecule has 0 aliphatic carbocycles. The molecule has 0 radical (unpaired) electrons. The molecular formula is C18H27ClN2. The van der Waals surface area contributed by atoms with Crippen molar-refractivity contribution < 1.29 is 0 Å². The summed E-state index contributed by atoms with van der Waals surface area (Å²) in [7, 11) is 0. The van der Waals surface area contributed by atoms with Crippen molar-refractivity contribution in [2.75, 3.05) is 26.2 Å². The van der Waals surface area contributed by atoms with Crippen molar-refractivity contribution in [3.63, 3.8) is 0 Å². The Hall–Kier alpha value is -1.09. The van der Waals surface area contributed by atoms with E-state index in [0.717, 1.165) is 44.0 Å². The fourth-order valence-corrected chi connectivity index (χ4v) is 2.56. The summed E-state index contributed by atoms with van der Waals surface area (Å²) in [6.07, 6.45) is 6.05. The van der Waals surface area contributed by atoms with Crippen LogP contribution in [-0.2, 0) is 0 Å². The Kier molecular flexibility index (Phi) is 9.07. The maximum absolute atomic E-state index is 6.12. The number of nitrogens with zero attached hydrogens (tertiary/aromatic N) is 1. The molecule has 1 aromatic rings. The fraction of sp³-hybridized carbons (Fsp3) is 0.444. The minimum Gasteiger partial charge on any atom is -0.310 e. The van der Waals surface area contributed by atoms with Gasteiger partial charge in [-0.05, 0) is 37.1 Å². The van der Waals surface area contributed by atoms with E-state index in [-0.39, 0.29) is 0 Å². The second-order valence-electron chi connectivity index (χ2n) is 5.19. The van der Waals surface area contributed by atoms with Gasteiger partial charge in [-0.25, -0.2) is 0 Å². The lowest BCUT2D eigenvalue weighted by atomic mass is 10.0. The van der Waals surface area contributed by atoms with E-state index in [1.54, 1.807) is 0 Å². The van der Waals surface area contributed by atoms with E-state index >= 15 is 0 Å². The lowest BCUT2D eigenvalue weighted by Crippen LogP contribution is -2.30. The second-order valence-corrected chi connectivity index (χ2v) is 5.62. The van der Waals surface area contributed by atoms with Crippen LogP contribution in [0.4, 0.5) is 0 Å². The van der Waals surface area contributed by atoms with Gasteiger partial charge in [-0.15, -0.1) is 13.2 Å². The van der Waals surface area contributed by atoms with E-state index in [2.05, 4.69) is 42.4 Å². The predicted molar refractivity (Wildman–Crippen MR) is 93.9 cm³/mol. The molecule has 1 unspecified atom stereocenters. The fourth-order valence-electron chi connectivity index (χ4n) is 2.36. The highest BCUT2D eigenvalue weighted by Gasteiger charge is 2.12. The van der Waals surface area contributed by atoms with Crippen LogP contribution in [0.2, 0.25) is 5.02 Å². The first kappa shape index (κ1) is 18.0. The van der Waals surface area contributed by atoms with Crippen molar-refractivity contribution in [1.29, 1.82) is 0 Å². The van der Waals surface area contributed by atoms with Gasteiger partial charge in [0.05, 0.1) is 0 Å². The summed E-state index contributed by atoms with van der Waals surface area (Å²) in [6.45, 7) is 13.6. The highest BCUT2D eigenvalue weighted by molar-refractivity contribution is 6.30. The molecule has 21 heavy (non-hydrogen) atoms. The third-order valence-electron chi connectivity index (χ3n) is 3.40. The molecule has 116 valence electrons. The number of hydrogen-bond donors (Lipinski definition) is 1. The molecule has 0 aliphatic rings. The molecule has 1 aromatic carbocycles. The van der Waals surface area contributed by atoms with Crippen LogP contribution in [0.5, 0.6) is 0 Å². The molecule has 0 saturated heterocycles. The zero-order valence-electron chi connectivity index (χ0n) is 13.0. The molecule has 0 aliphatic heterocycles. The Morgan fingerprint density at radius 3 is 2.57 bits per heavy atom. The minimum absolute atomic E-state index is 0.334. The van der Waals surface area contributed by atoms with E-state index in [4.69, 9.17) is 11.6 Å². The zero-order chi connectivity index (χ0) is 15.5. The van der Waals surface area contributed by atoms with Gasteiger partial charge in [-0.2, -0.15) is 0 Å². The lowest BCUT2D eigenvalue weighted by molar-refractivity contribution is 0.307. The summed E-state index contributed by atoms with van der Waals surface area (Å²) in [5.74, 6) is 0. The van der Waals surface area contributed by atoms with Gasteiger partial charge in [0, 0.05) is 30.7 Å². The van der Waals surface area contributed by atoms with Crippen LogP contribution >= 0.6 is 11.6 Å². The Morgan fingerprint density at radius 1 is 1.29 bits per heavy atom. The molecule has 0 fully saturated rings. The zero-order valence-corrected chi connectivity index (χ0v) is 13.8. The molecule has 1 rings (SSSR count). The Bertz CT molecular complexity index is 421. The Balaban J connectivity index is 2.68. The van der Waals surface area contributed by atoms with Gasteiger partial charge >= 0.3 is 0 Å². The first-order valence-corrected chi connectivity index (χ1v) is 8.02. The molecule has 3 heteroatoms. The van der Waals surface area contributed by atoms with Crippen LogP contribution in [0, 0.1) is 0 Å². The molecular weight excluding hydrogens is 280 g/mol. The average Bonchev–Trinajstić information content (AvgIpc) is 2.47. The van der Waals surface area contributed by atoms with E-state index in [9.17, 15) is 0 Å². The largest absolute Gasteiger partial charge is 0.310 e. The summed E-state index contributed by atoms with van der Waals surface area (Å²) in [6, 6.07) is 8.47. The minimum atomic E-state index is 0.334. The molecule has 0 spiro atoms. The van der Waals surface area contributed by atoms with E-state index in [1.807, 2.05) is 24.3 Å². The number of halogens is 1. The van der Waals surface area contributed by atoms with Crippen molar-refractivity contribution in [1.82, 2.24) is 10.2 Å². The van der Waals surface area contributed by atoms with Gasteiger partial charge in [0.15, 0.2) is 0 Å². The maximum Gasteiger partial charge on any atom is 0.0409 e. The maximum atomic E-state index is 6.12. The number of benzene rings is 1. The van der Waals surface area contributed by atoms with E-state index in [0.29, 0.717) is 6.04 Å².